The first kappa shape index (κ1) is 15.3. The van der Waals surface area contributed by atoms with Crippen molar-refractivity contribution >= 4 is 17.6 Å². The predicted octanol–water partition coefficient (Wildman–Crippen LogP) is 3.16. The number of aryl methyl sites for hydroxylation is 2. The number of carboxylic acids is 1. The summed E-state index contributed by atoms with van der Waals surface area (Å²) in [4.78, 5) is 23.8. The molecule has 2 atom stereocenters. The summed E-state index contributed by atoms with van der Waals surface area (Å²) < 4.78 is 0. The van der Waals surface area contributed by atoms with Gasteiger partial charge in [0, 0.05) is 5.69 Å². The lowest BCUT2D eigenvalue weighted by molar-refractivity contribution is -0.146. The largest absolute Gasteiger partial charge is 0.481 e. The number of anilines is 1. The number of hydrogen-bond acceptors (Lipinski definition) is 2. The molecule has 2 N–H and O–H groups in total. The number of carbonyl (C=O) groups excluding carboxylic acids is 1. The lowest BCUT2D eigenvalue weighted by atomic mass is 9.82. The minimum Gasteiger partial charge on any atom is -0.481 e. The molecule has 2 rings (SSSR count). The van der Waals surface area contributed by atoms with E-state index < -0.39 is 17.8 Å². The van der Waals surface area contributed by atoms with Crippen LogP contribution in [0.2, 0.25) is 0 Å². The minimum absolute atomic E-state index is 0.198. The van der Waals surface area contributed by atoms with Gasteiger partial charge in [0.15, 0.2) is 0 Å². The minimum atomic E-state index is -0.903. The van der Waals surface area contributed by atoms with Gasteiger partial charge >= 0.3 is 5.97 Å². The predicted molar refractivity (Wildman–Crippen MR) is 82.2 cm³/mol. The highest BCUT2D eigenvalue weighted by Crippen LogP contribution is 2.29. The number of amides is 1. The summed E-state index contributed by atoms with van der Waals surface area (Å²) in [6.07, 6.45) is 5.46. The zero-order valence-corrected chi connectivity index (χ0v) is 12.4. The van der Waals surface area contributed by atoms with E-state index in [-0.39, 0.29) is 5.91 Å². The van der Waals surface area contributed by atoms with Crippen LogP contribution in [0.1, 0.15) is 30.9 Å². The number of para-hydroxylation sites is 1. The molecule has 1 aliphatic carbocycles. The van der Waals surface area contributed by atoms with Crippen LogP contribution in [0.5, 0.6) is 0 Å². The highest BCUT2D eigenvalue weighted by Gasteiger charge is 2.34. The van der Waals surface area contributed by atoms with Crippen molar-refractivity contribution in [2.24, 2.45) is 11.8 Å². The van der Waals surface area contributed by atoms with Crippen molar-refractivity contribution in [2.75, 3.05) is 5.32 Å². The number of rotatable bonds is 4. The average Bonchev–Trinajstić information content (AvgIpc) is 2.49. The molecular weight excluding hydrogens is 266 g/mol. The molecule has 4 nitrogen and oxygen atoms in total. The Morgan fingerprint density at radius 3 is 2.52 bits per heavy atom. The topological polar surface area (TPSA) is 66.4 Å². The molecule has 0 unspecified atom stereocenters. The number of hydrogen-bond donors (Lipinski definition) is 2. The zero-order chi connectivity index (χ0) is 15.4. The smallest absolute Gasteiger partial charge is 0.307 e. The van der Waals surface area contributed by atoms with Crippen molar-refractivity contribution in [3.8, 4) is 0 Å². The maximum Gasteiger partial charge on any atom is 0.307 e. The fraction of sp³-hybridized carbons (Fsp3) is 0.412. The third kappa shape index (κ3) is 3.32. The van der Waals surface area contributed by atoms with Gasteiger partial charge in [0.05, 0.1) is 11.8 Å². The van der Waals surface area contributed by atoms with Crippen LogP contribution in [0.15, 0.2) is 30.4 Å². The fourth-order valence-corrected chi connectivity index (χ4v) is 2.79. The molecule has 21 heavy (non-hydrogen) atoms. The standard InChI is InChI=1S/C17H21NO3/c1-3-12-8-6-7-11(2)15(12)18-16(19)13-9-4-5-10-14(13)17(20)21/h4-8,13-14H,3,9-10H2,1-2H3,(H,18,19)(H,20,21)/t13-,14+/m0/s1. The Labute approximate surface area is 124 Å². The maximum atomic E-state index is 12.5. The summed E-state index contributed by atoms with van der Waals surface area (Å²) in [5.41, 5.74) is 2.89. The second-order valence-corrected chi connectivity index (χ2v) is 5.45. The maximum absolute atomic E-state index is 12.5. The second kappa shape index (κ2) is 6.57. The lowest BCUT2D eigenvalue weighted by Gasteiger charge is -2.25. The van der Waals surface area contributed by atoms with Crippen molar-refractivity contribution in [3.63, 3.8) is 0 Å². The number of aliphatic carboxylic acids is 1. The zero-order valence-electron chi connectivity index (χ0n) is 12.4. The molecular formula is C17H21NO3. The SMILES string of the molecule is CCc1cccc(C)c1NC(=O)[C@H]1CC=CC[C@H]1C(=O)O. The first-order valence-corrected chi connectivity index (χ1v) is 7.31. The van der Waals surface area contributed by atoms with E-state index in [0.29, 0.717) is 12.8 Å². The first-order chi connectivity index (χ1) is 10.0. The Bertz CT molecular complexity index is 577. The van der Waals surface area contributed by atoms with Gasteiger partial charge in [0.2, 0.25) is 5.91 Å². The molecule has 0 spiro atoms. The van der Waals surface area contributed by atoms with Crippen molar-refractivity contribution in [2.45, 2.75) is 33.1 Å². The fourth-order valence-electron chi connectivity index (χ4n) is 2.79. The highest BCUT2D eigenvalue weighted by molar-refractivity contribution is 5.96. The number of benzene rings is 1. The normalized spacial score (nSPS) is 21.0. The van der Waals surface area contributed by atoms with Crippen LogP contribution in [0.4, 0.5) is 5.69 Å². The summed E-state index contributed by atoms with van der Waals surface area (Å²) in [7, 11) is 0. The van der Waals surface area contributed by atoms with E-state index in [4.69, 9.17) is 0 Å². The van der Waals surface area contributed by atoms with E-state index in [9.17, 15) is 14.7 Å². The van der Waals surface area contributed by atoms with E-state index in [1.807, 2.05) is 44.2 Å². The summed E-state index contributed by atoms with van der Waals surface area (Å²) in [6.45, 7) is 3.98. The van der Waals surface area contributed by atoms with Crippen LogP contribution in [0.25, 0.3) is 0 Å². The van der Waals surface area contributed by atoms with Crippen LogP contribution in [-0.4, -0.2) is 17.0 Å². The van der Waals surface area contributed by atoms with Crippen molar-refractivity contribution in [3.05, 3.63) is 41.5 Å². The number of nitrogens with one attached hydrogen (secondary N) is 1. The number of carbonyl (C=O) groups is 2. The van der Waals surface area contributed by atoms with E-state index in [1.165, 1.54) is 0 Å². The molecule has 0 bridgehead atoms. The Balaban J connectivity index is 2.21. The molecule has 0 saturated heterocycles. The molecule has 0 radical (unpaired) electrons. The molecule has 0 heterocycles. The molecule has 1 aliphatic rings. The van der Waals surface area contributed by atoms with Crippen LogP contribution >= 0.6 is 0 Å². The van der Waals surface area contributed by atoms with Gasteiger partial charge in [-0.2, -0.15) is 0 Å². The van der Waals surface area contributed by atoms with Crippen LogP contribution in [0, 0.1) is 18.8 Å². The van der Waals surface area contributed by atoms with E-state index in [1.54, 1.807) is 0 Å². The van der Waals surface area contributed by atoms with Gasteiger partial charge in [-0.15, -0.1) is 0 Å². The molecule has 1 aromatic carbocycles. The van der Waals surface area contributed by atoms with E-state index in [0.717, 1.165) is 23.2 Å². The van der Waals surface area contributed by atoms with Crippen molar-refractivity contribution in [1.29, 1.82) is 0 Å². The molecule has 0 fully saturated rings. The van der Waals surface area contributed by atoms with Gasteiger partial charge in [0.1, 0.15) is 0 Å². The first-order valence-electron chi connectivity index (χ1n) is 7.31. The number of carboxylic acid groups (broad SMARTS) is 1. The van der Waals surface area contributed by atoms with Crippen LogP contribution in [0.3, 0.4) is 0 Å². The molecule has 4 heteroatoms. The lowest BCUT2D eigenvalue weighted by Crippen LogP contribution is -2.35. The van der Waals surface area contributed by atoms with E-state index in [2.05, 4.69) is 5.32 Å². The second-order valence-electron chi connectivity index (χ2n) is 5.45. The monoisotopic (exact) mass is 287 g/mol. The van der Waals surface area contributed by atoms with Gasteiger partial charge in [-0.1, -0.05) is 37.3 Å². The third-order valence-electron chi connectivity index (χ3n) is 4.07. The van der Waals surface area contributed by atoms with Gasteiger partial charge in [0.25, 0.3) is 0 Å². The third-order valence-corrected chi connectivity index (χ3v) is 4.07. The van der Waals surface area contributed by atoms with Gasteiger partial charge < -0.3 is 10.4 Å². The van der Waals surface area contributed by atoms with Gasteiger partial charge in [-0.3, -0.25) is 9.59 Å². The summed E-state index contributed by atoms with van der Waals surface area (Å²) in [5, 5.41) is 12.2. The summed E-state index contributed by atoms with van der Waals surface area (Å²) >= 11 is 0. The molecule has 0 saturated carbocycles. The molecule has 0 aliphatic heterocycles. The highest BCUT2D eigenvalue weighted by atomic mass is 16.4. The Morgan fingerprint density at radius 1 is 1.24 bits per heavy atom. The van der Waals surface area contributed by atoms with Gasteiger partial charge in [-0.05, 0) is 37.3 Å². The average molecular weight is 287 g/mol. The molecule has 1 aromatic rings. The van der Waals surface area contributed by atoms with Gasteiger partial charge in [-0.25, -0.2) is 0 Å². The molecule has 1 amide bonds. The molecule has 0 aromatic heterocycles. The summed E-state index contributed by atoms with van der Waals surface area (Å²) in [6, 6.07) is 5.90. The Kier molecular flexibility index (Phi) is 4.78. The van der Waals surface area contributed by atoms with Crippen molar-refractivity contribution < 1.29 is 14.7 Å². The Morgan fingerprint density at radius 2 is 1.90 bits per heavy atom. The van der Waals surface area contributed by atoms with Crippen LogP contribution < -0.4 is 5.32 Å². The van der Waals surface area contributed by atoms with Crippen LogP contribution in [-0.2, 0) is 16.0 Å². The van der Waals surface area contributed by atoms with Crippen molar-refractivity contribution in [1.82, 2.24) is 0 Å². The molecule has 112 valence electrons. The quantitative estimate of drug-likeness (QED) is 0.836. The summed E-state index contributed by atoms with van der Waals surface area (Å²) in [5.74, 6) is -2.24. The number of allylic oxidation sites excluding steroid dienone is 2. The Hall–Kier alpha value is -2.10. The van der Waals surface area contributed by atoms with E-state index >= 15 is 0 Å².